The van der Waals surface area contributed by atoms with Gasteiger partial charge in [-0.1, -0.05) is 0 Å². The number of aromatic amines is 2. The van der Waals surface area contributed by atoms with Gasteiger partial charge in [0.2, 0.25) is 0 Å². The molecule has 0 aliphatic rings. The van der Waals surface area contributed by atoms with Crippen molar-refractivity contribution in [1.82, 2.24) is 24.8 Å². The van der Waals surface area contributed by atoms with Crippen LogP contribution in [-0.2, 0) is 0 Å². The number of nitrogens with one attached hydrogen (secondary N) is 2. The van der Waals surface area contributed by atoms with Gasteiger partial charge in [0.15, 0.2) is 5.65 Å². The minimum absolute atomic E-state index is 0.152. The zero-order chi connectivity index (χ0) is 13.5. The lowest BCUT2D eigenvalue weighted by atomic mass is 10.2. The van der Waals surface area contributed by atoms with E-state index >= 15 is 0 Å². The summed E-state index contributed by atoms with van der Waals surface area (Å²) in [5.74, 6) is 0. The van der Waals surface area contributed by atoms with E-state index in [1.54, 1.807) is 36.0 Å². The summed E-state index contributed by atoms with van der Waals surface area (Å²) < 4.78 is 1.45. The third-order valence-corrected chi connectivity index (χ3v) is 3.85. The molecule has 7 heteroatoms. The summed E-state index contributed by atoms with van der Waals surface area (Å²) >= 11 is 1.61. The Morgan fingerprint density at radius 2 is 2.20 bits per heavy atom. The third kappa shape index (κ3) is 1.53. The van der Waals surface area contributed by atoms with Crippen LogP contribution in [0.2, 0.25) is 0 Å². The summed E-state index contributed by atoms with van der Waals surface area (Å²) in [5.41, 5.74) is 3.58. The molecule has 4 aromatic heterocycles. The van der Waals surface area contributed by atoms with Crippen LogP contribution in [0.15, 0.2) is 46.3 Å². The Balaban J connectivity index is 1.98. The molecular weight excluding hydrogens is 274 g/mol. The van der Waals surface area contributed by atoms with Crippen molar-refractivity contribution in [3.05, 3.63) is 51.8 Å². The van der Waals surface area contributed by atoms with Crippen LogP contribution in [0, 0.1) is 0 Å². The number of H-pyrrole nitrogens is 2. The lowest BCUT2D eigenvalue weighted by Gasteiger charge is -1.99. The van der Waals surface area contributed by atoms with Gasteiger partial charge in [-0.3, -0.25) is 15.0 Å². The van der Waals surface area contributed by atoms with E-state index in [1.165, 1.54) is 4.52 Å². The Kier molecular flexibility index (Phi) is 2.33. The molecule has 2 N–H and O–H groups in total. The van der Waals surface area contributed by atoms with Gasteiger partial charge < -0.3 is 0 Å². The summed E-state index contributed by atoms with van der Waals surface area (Å²) in [6, 6.07) is 3.75. The average molecular weight is 283 g/mol. The molecule has 0 aliphatic carbocycles. The maximum atomic E-state index is 12.5. The summed E-state index contributed by atoms with van der Waals surface area (Å²) in [6.45, 7) is 0. The van der Waals surface area contributed by atoms with Gasteiger partial charge in [-0.2, -0.15) is 16.4 Å². The van der Waals surface area contributed by atoms with Gasteiger partial charge in [0, 0.05) is 24.2 Å². The molecule has 0 fully saturated rings. The van der Waals surface area contributed by atoms with Crippen LogP contribution in [0.4, 0.5) is 0 Å². The van der Waals surface area contributed by atoms with E-state index in [9.17, 15) is 4.79 Å². The second-order valence-corrected chi connectivity index (χ2v) is 5.09. The monoisotopic (exact) mass is 283 g/mol. The topological polar surface area (TPSA) is 78.8 Å². The van der Waals surface area contributed by atoms with Crippen molar-refractivity contribution in [2.24, 2.45) is 0 Å². The van der Waals surface area contributed by atoms with Crippen LogP contribution in [0.25, 0.3) is 28.0 Å². The molecule has 0 saturated heterocycles. The van der Waals surface area contributed by atoms with Crippen LogP contribution < -0.4 is 5.56 Å². The molecule has 6 nitrogen and oxygen atoms in total. The van der Waals surface area contributed by atoms with E-state index in [2.05, 4.69) is 20.3 Å². The molecular formula is C13H9N5OS. The Morgan fingerprint density at radius 3 is 2.95 bits per heavy atom. The van der Waals surface area contributed by atoms with Crippen LogP contribution in [0.3, 0.4) is 0 Å². The number of thiophene rings is 1. The minimum Gasteiger partial charge on any atom is -0.296 e. The lowest BCUT2D eigenvalue weighted by Crippen LogP contribution is -2.17. The Morgan fingerprint density at radius 1 is 1.25 bits per heavy atom. The van der Waals surface area contributed by atoms with E-state index < -0.39 is 0 Å². The van der Waals surface area contributed by atoms with Crippen LogP contribution >= 0.6 is 11.3 Å². The molecule has 0 radical (unpaired) electrons. The molecule has 0 bridgehead atoms. The molecule has 0 amide bonds. The van der Waals surface area contributed by atoms with E-state index in [0.29, 0.717) is 16.9 Å². The first-order valence-corrected chi connectivity index (χ1v) is 6.90. The number of hydrogen-bond donors (Lipinski definition) is 2. The number of rotatable bonds is 2. The van der Waals surface area contributed by atoms with Crippen LogP contribution in [0.5, 0.6) is 0 Å². The predicted molar refractivity (Wildman–Crippen MR) is 76.7 cm³/mol. The second-order valence-electron chi connectivity index (χ2n) is 4.31. The normalized spacial score (nSPS) is 11.2. The van der Waals surface area contributed by atoms with Crippen molar-refractivity contribution in [2.75, 3.05) is 0 Å². The van der Waals surface area contributed by atoms with Crippen LogP contribution in [-0.4, -0.2) is 24.8 Å². The van der Waals surface area contributed by atoms with Gasteiger partial charge >= 0.3 is 0 Å². The second kappa shape index (κ2) is 4.17. The molecule has 0 aromatic carbocycles. The lowest BCUT2D eigenvalue weighted by molar-refractivity contribution is 0.899. The maximum absolute atomic E-state index is 12.5. The van der Waals surface area contributed by atoms with Gasteiger partial charge in [-0.25, -0.2) is 9.50 Å². The molecule has 0 aliphatic heterocycles. The number of hydrogen-bond acceptors (Lipinski definition) is 4. The van der Waals surface area contributed by atoms with Gasteiger partial charge in [-0.15, -0.1) is 0 Å². The summed E-state index contributed by atoms with van der Waals surface area (Å²) in [5, 5.41) is 13.6. The highest BCUT2D eigenvalue weighted by Crippen LogP contribution is 2.25. The van der Waals surface area contributed by atoms with Crippen molar-refractivity contribution in [2.45, 2.75) is 0 Å². The van der Waals surface area contributed by atoms with E-state index in [4.69, 9.17) is 0 Å². The van der Waals surface area contributed by atoms with Crippen LogP contribution in [0.1, 0.15) is 0 Å². The Bertz CT molecular complexity index is 918. The number of aromatic nitrogens is 5. The molecule has 0 spiro atoms. The molecule has 4 aromatic rings. The van der Waals surface area contributed by atoms with E-state index in [0.717, 1.165) is 11.1 Å². The zero-order valence-electron chi connectivity index (χ0n) is 10.2. The van der Waals surface area contributed by atoms with Crippen molar-refractivity contribution in [1.29, 1.82) is 0 Å². The number of nitrogens with zero attached hydrogens (tertiary/aromatic N) is 3. The molecule has 98 valence electrons. The van der Waals surface area contributed by atoms with E-state index in [-0.39, 0.29) is 5.56 Å². The quantitative estimate of drug-likeness (QED) is 0.591. The van der Waals surface area contributed by atoms with Gasteiger partial charge in [0.25, 0.3) is 5.56 Å². The largest absolute Gasteiger partial charge is 0.296 e. The van der Waals surface area contributed by atoms with Crippen molar-refractivity contribution < 1.29 is 0 Å². The SMILES string of the molecule is O=c1c(-c2ccn[nH]2)cnc2c(-c3ccsc3)c[nH]n12. The molecule has 0 atom stereocenters. The average Bonchev–Trinajstić information content (AvgIpc) is 3.20. The first-order valence-electron chi connectivity index (χ1n) is 5.96. The molecule has 20 heavy (non-hydrogen) atoms. The first kappa shape index (κ1) is 11.2. The fourth-order valence-corrected chi connectivity index (χ4v) is 2.84. The van der Waals surface area contributed by atoms with E-state index in [1.807, 2.05) is 16.8 Å². The first-order chi connectivity index (χ1) is 9.84. The molecule has 0 saturated carbocycles. The zero-order valence-corrected chi connectivity index (χ0v) is 11.0. The molecule has 4 heterocycles. The fraction of sp³-hybridized carbons (Fsp3) is 0. The summed E-state index contributed by atoms with van der Waals surface area (Å²) in [4.78, 5) is 16.9. The number of fused-ring (bicyclic) bond motifs is 1. The van der Waals surface area contributed by atoms with Gasteiger partial charge in [0.05, 0.1) is 11.3 Å². The van der Waals surface area contributed by atoms with Gasteiger partial charge in [-0.05, 0) is 28.5 Å². The predicted octanol–water partition coefficient (Wildman–Crippen LogP) is 2.14. The summed E-state index contributed by atoms with van der Waals surface area (Å²) in [6.07, 6.45) is 4.98. The summed E-state index contributed by atoms with van der Waals surface area (Å²) in [7, 11) is 0. The molecule has 4 rings (SSSR count). The maximum Gasteiger partial charge on any atom is 0.282 e. The van der Waals surface area contributed by atoms with Crippen molar-refractivity contribution in [3.63, 3.8) is 0 Å². The Hall–Kier alpha value is -2.67. The minimum atomic E-state index is -0.152. The highest BCUT2D eigenvalue weighted by Gasteiger charge is 2.13. The van der Waals surface area contributed by atoms with Gasteiger partial charge in [0.1, 0.15) is 0 Å². The standard InChI is InChI=1S/C13H9N5OS/c19-13-10(11-1-3-15-17-11)5-14-12-9(6-16-18(12)13)8-2-4-20-7-8/h1-7,16H,(H,15,17). The highest BCUT2D eigenvalue weighted by molar-refractivity contribution is 7.08. The Labute approximate surface area is 116 Å². The van der Waals surface area contributed by atoms with Crippen molar-refractivity contribution >= 4 is 17.0 Å². The van der Waals surface area contributed by atoms with Crippen molar-refractivity contribution in [3.8, 4) is 22.4 Å². The fourth-order valence-electron chi connectivity index (χ4n) is 2.18. The smallest absolute Gasteiger partial charge is 0.282 e. The highest BCUT2D eigenvalue weighted by atomic mass is 32.1. The molecule has 0 unspecified atom stereocenters. The third-order valence-electron chi connectivity index (χ3n) is 3.16.